The zero-order chi connectivity index (χ0) is 26.6. The number of nitrogens with zero attached hydrogens (tertiary/aromatic N) is 2. The van der Waals surface area contributed by atoms with Crippen LogP contribution in [0, 0.1) is 19.7 Å². The molecule has 6 rings (SSSR count). The summed E-state index contributed by atoms with van der Waals surface area (Å²) in [6.07, 6.45) is 0. The van der Waals surface area contributed by atoms with Gasteiger partial charge in [-0.05, 0) is 67.4 Å². The number of thiazole rings is 1. The molecule has 1 unspecified atom stereocenters. The fraction of sp³-hybridized carbons (Fsp3) is 0.138. The van der Waals surface area contributed by atoms with E-state index in [1.54, 1.807) is 30.3 Å². The standard InChI is InChI=1S/C29H20ClFN2O4S/c1-15-16(2)38-29(32-15)33-25(18-4-3-5-21(12-18)36-14-17-6-8-19(30)9-7-17)24-26(34)22-13-20(31)10-11-23(22)37-27(24)28(33)35/h3-13,25H,14H2,1-2H3. The molecule has 6 nitrogen and oxygen atoms in total. The van der Waals surface area contributed by atoms with Gasteiger partial charge in [-0.25, -0.2) is 9.37 Å². The Balaban J connectivity index is 1.48. The van der Waals surface area contributed by atoms with Crippen LogP contribution in [-0.2, 0) is 6.61 Å². The van der Waals surface area contributed by atoms with Gasteiger partial charge in [0.2, 0.25) is 5.76 Å². The molecule has 0 aliphatic carbocycles. The maximum atomic E-state index is 14.1. The summed E-state index contributed by atoms with van der Waals surface area (Å²) in [5.41, 5.74) is 2.20. The number of carbonyl (C=O) groups excluding carboxylic acids is 1. The molecular formula is C29H20ClFN2O4S. The van der Waals surface area contributed by atoms with Gasteiger partial charge in [0.05, 0.1) is 22.7 Å². The van der Waals surface area contributed by atoms with Crippen molar-refractivity contribution in [3.8, 4) is 5.75 Å². The molecule has 0 saturated carbocycles. The Labute approximate surface area is 225 Å². The Hall–Kier alpha value is -4.01. The number of amides is 1. The van der Waals surface area contributed by atoms with E-state index >= 15 is 0 Å². The Bertz CT molecular complexity index is 1760. The second-order valence-electron chi connectivity index (χ2n) is 9.02. The number of carbonyl (C=O) groups is 1. The molecular weight excluding hydrogens is 527 g/mol. The summed E-state index contributed by atoms with van der Waals surface area (Å²) in [5, 5.41) is 1.16. The van der Waals surface area contributed by atoms with Crippen LogP contribution in [0.2, 0.25) is 5.02 Å². The molecule has 2 aromatic heterocycles. The molecule has 0 radical (unpaired) electrons. The Kier molecular flexibility index (Phi) is 6.01. The molecule has 3 aromatic carbocycles. The van der Waals surface area contributed by atoms with Crippen LogP contribution in [0.15, 0.2) is 75.9 Å². The van der Waals surface area contributed by atoms with E-state index in [1.807, 2.05) is 32.0 Å². The van der Waals surface area contributed by atoms with E-state index in [-0.39, 0.29) is 22.3 Å². The smallest absolute Gasteiger partial charge is 0.297 e. The number of hydrogen-bond acceptors (Lipinski definition) is 6. The van der Waals surface area contributed by atoms with Crippen molar-refractivity contribution in [1.82, 2.24) is 4.98 Å². The van der Waals surface area contributed by atoms with Crippen LogP contribution >= 0.6 is 22.9 Å². The zero-order valence-electron chi connectivity index (χ0n) is 20.3. The number of anilines is 1. The maximum absolute atomic E-state index is 14.1. The molecule has 190 valence electrons. The minimum absolute atomic E-state index is 0.0721. The molecule has 1 aliphatic rings. The van der Waals surface area contributed by atoms with E-state index in [0.29, 0.717) is 28.1 Å². The Morgan fingerprint density at radius 3 is 2.61 bits per heavy atom. The number of aryl methyl sites for hydroxylation is 2. The van der Waals surface area contributed by atoms with Crippen LogP contribution < -0.4 is 15.1 Å². The molecule has 0 bridgehead atoms. The number of hydrogen-bond donors (Lipinski definition) is 0. The van der Waals surface area contributed by atoms with Gasteiger partial charge in [-0.1, -0.05) is 35.9 Å². The topological polar surface area (TPSA) is 72.6 Å². The number of aromatic nitrogens is 1. The monoisotopic (exact) mass is 546 g/mol. The first kappa shape index (κ1) is 24.3. The number of ether oxygens (including phenoxy) is 1. The van der Waals surface area contributed by atoms with Crippen LogP contribution in [0.3, 0.4) is 0 Å². The average Bonchev–Trinajstić information content (AvgIpc) is 3.39. The van der Waals surface area contributed by atoms with Crippen LogP contribution in [0.1, 0.15) is 43.9 Å². The quantitative estimate of drug-likeness (QED) is 0.237. The van der Waals surface area contributed by atoms with E-state index < -0.39 is 23.2 Å². The van der Waals surface area contributed by atoms with E-state index in [2.05, 4.69) is 4.98 Å². The van der Waals surface area contributed by atoms with Gasteiger partial charge >= 0.3 is 0 Å². The van der Waals surface area contributed by atoms with Crippen molar-refractivity contribution < 1.29 is 18.3 Å². The third kappa shape index (κ3) is 4.15. The predicted molar refractivity (Wildman–Crippen MR) is 145 cm³/mol. The van der Waals surface area contributed by atoms with Gasteiger partial charge in [0.15, 0.2) is 10.6 Å². The zero-order valence-corrected chi connectivity index (χ0v) is 21.9. The lowest BCUT2D eigenvalue weighted by Gasteiger charge is -2.23. The summed E-state index contributed by atoms with van der Waals surface area (Å²) in [5.74, 6) is -0.557. The molecule has 38 heavy (non-hydrogen) atoms. The molecule has 1 amide bonds. The molecule has 0 fully saturated rings. The summed E-state index contributed by atoms with van der Waals surface area (Å²) in [6, 6.07) is 17.4. The fourth-order valence-electron chi connectivity index (χ4n) is 4.54. The number of rotatable bonds is 5. The summed E-state index contributed by atoms with van der Waals surface area (Å²) in [6.45, 7) is 4.09. The van der Waals surface area contributed by atoms with Crippen molar-refractivity contribution in [3.05, 3.63) is 121 Å². The molecule has 3 heterocycles. The van der Waals surface area contributed by atoms with E-state index in [9.17, 15) is 14.0 Å². The molecule has 1 atom stereocenters. The largest absolute Gasteiger partial charge is 0.489 e. The second kappa shape index (κ2) is 9.38. The van der Waals surface area contributed by atoms with Crippen molar-refractivity contribution in [2.24, 2.45) is 0 Å². The van der Waals surface area contributed by atoms with Crippen LogP contribution in [0.25, 0.3) is 11.0 Å². The normalized spacial score (nSPS) is 14.8. The second-order valence-corrected chi connectivity index (χ2v) is 10.6. The summed E-state index contributed by atoms with van der Waals surface area (Å²) >= 11 is 7.34. The summed E-state index contributed by atoms with van der Waals surface area (Å²) < 4.78 is 26.0. The highest BCUT2D eigenvalue weighted by Crippen LogP contribution is 2.43. The SMILES string of the molecule is Cc1nc(N2C(=O)c3oc4ccc(F)cc4c(=O)c3C2c2cccc(OCc3ccc(Cl)cc3)c2)sc1C. The lowest BCUT2D eigenvalue weighted by atomic mass is 9.98. The third-order valence-electron chi connectivity index (χ3n) is 6.55. The van der Waals surface area contributed by atoms with Crippen molar-refractivity contribution in [1.29, 1.82) is 0 Å². The Morgan fingerprint density at radius 2 is 1.87 bits per heavy atom. The molecule has 0 saturated heterocycles. The van der Waals surface area contributed by atoms with Gasteiger partial charge in [0.25, 0.3) is 5.91 Å². The van der Waals surface area contributed by atoms with Gasteiger partial charge in [0, 0.05) is 9.90 Å². The fourth-order valence-corrected chi connectivity index (χ4v) is 5.60. The minimum Gasteiger partial charge on any atom is -0.489 e. The van der Waals surface area contributed by atoms with E-state index in [1.165, 1.54) is 28.4 Å². The van der Waals surface area contributed by atoms with Gasteiger partial charge in [-0.2, -0.15) is 0 Å². The van der Waals surface area contributed by atoms with E-state index in [4.69, 9.17) is 20.8 Å². The summed E-state index contributed by atoms with van der Waals surface area (Å²) in [7, 11) is 0. The van der Waals surface area contributed by atoms with Crippen LogP contribution in [0.4, 0.5) is 9.52 Å². The van der Waals surface area contributed by atoms with E-state index in [0.717, 1.165) is 22.2 Å². The third-order valence-corrected chi connectivity index (χ3v) is 7.87. The van der Waals surface area contributed by atoms with Crippen molar-refractivity contribution in [3.63, 3.8) is 0 Å². The highest BCUT2D eigenvalue weighted by molar-refractivity contribution is 7.15. The average molecular weight is 547 g/mol. The highest BCUT2D eigenvalue weighted by atomic mass is 35.5. The number of benzene rings is 3. The Morgan fingerprint density at radius 1 is 1.08 bits per heavy atom. The lowest BCUT2D eigenvalue weighted by molar-refractivity contribution is 0.0971. The van der Waals surface area contributed by atoms with Crippen LogP contribution in [-0.4, -0.2) is 10.9 Å². The maximum Gasteiger partial charge on any atom is 0.297 e. The number of fused-ring (bicyclic) bond motifs is 2. The predicted octanol–water partition coefficient (Wildman–Crippen LogP) is 6.99. The van der Waals surface area contributed by atoms with Crippen molar-refractivity contribution in [2.75, 3.05) is 4.90 Å². The van der Waals surface area contributed by atoms with Gasteiger partial charge in [-0.3, -0.25) is 14.5 Å². The molecule has 0 N–H and O–H groups in total. The van der Waals surface area contributed by atoms with Gasteiger partial charge in [0.1, 0.15) is 23.8 Å². The van der Waals surface area contributed by atoms with Crippen LogP contribution in [0.5, 0.6) is 5.75 Å². The first-order chi connectivity index (χ1) is 18.3. The summed E-state index contributed by atoms with van der Waals surface area (Å²) in [4.78, 5) is 34.5. The molecule has 9 heteroatoms. The lowest BCUT2D eigenvalue weighted by Crippen LogP contribution is -2.29. The number of halogens is 2. The molecule has 1 aliphatic heterocycles. The molecule has 5 aromatic rings. The van der Waals surface area contributed by atoms with Crippen molar-refractivity contribution in [2.45, 2.75) is 26.5 Å². The highest BCUT2D eigenvalue weighted by Gasteiger charge is 2.45. The minimum atomic E-state index is -0.828. The first-order valence-corrected chi connectivity index (χ1v) is 13.0. The van der Waals surface area contributed by atoms with Gasteiger partial charge < -0.3 is 9.15 Å². The van der Waals surface area contributed by atoms with Gasteiger partial charge in [-0.15, -0.1) is 11.3 Å². The first-order valence-electron chi connectivity index (χ1n) is 11.8. The van der Waals surface area contributed by atoms with Crippen molar-refractivity contribution >= 4 is 44.9 Å². The molecule has 0 spiro atoms.